The average molecular weight is 577 g/mol. The Kier molecular flexibility index (Phi) is 8.84. The van der Waals surface area contributed by atoms with E-state index in [1.54, 1.807) is 72.8 Å². The van der Waals surface area contributed by atoms with E-state index in [4.69, 9.17) is 4.74 Å². The number of hydrogen-bond donors (Lipinski definition) is 3. The second-order valence-electron chi connectivity index (χ2n) is 9.44. The van der Waals surface area contributed by atoms with Gasteiger partial charge in [-0.05, 0) is 78.5 Å². The highest BCUT2D eigenvalue weighted by molar-refractivity contribution is 8.00. The summed E-state index contributed by atoms with van der Waals surface area (Å²) in [6.07, 6.45) is 0.594. The van der Waals surface area contributed by atoms with Crippen LogP contribution in [0.25, 0.3) is 10.8 Å². The average Bonchev–Trinajstić information content (AvgIpc) is 3.00. The largest absolute Gasteiger partial charge is 0.478 e. The van der Waals surface area contributed by atoms with E-state index in [-0.39, 0.29) is 22.3 Å². The lowest BCUT2D eigenvalue weighted by Crippen LogP contribution is -2.24. The summed E-state index contributed by atoms with van der Waals surface area (Å²) in [6, 6.07) is 34.0. The molecule has 5 rings (SSSR count). The van der Waals surface area contributed by atoms with Gasteiger partial charge in [0.05, 0.1) is 10.8 Å². The van der Waals surface area contributed by atoms with Crippen LogP contribution in [-0.2, 0) is 4.79 Å². The highest BCUT2D eigenvalue weighted by Crippen LogP contribution is 2.30. The van der Waals surface area contributed by atoms with Crippen molar-refractivity contribution in [2.24, 2.45) is 0 Å². The number of carboxylic acids is 1. The van der Waals surface area contributed by atoms with E-state index >= 15 is 0 Å². The second-order valence-corrected chi connectivity index (χ2v) is 10.7. The summed E-state index contributed by atoms with van der Waals surface area (Å²) in [5.41, 5.74) is 1.54. The van der Waals surface area contributed by atoms with E-state index in [1.807, 2.05) is 43.3 Å². The molecule has 0 saturated carbocycles. The zero-order chi connectivity index (χ0) is 29.5. The zero-order valence-corrected chi connectivity index (χ0v) is 23.6. The monoisotopic (exact) mass is 576 g/mol. The van der Waals surface area contributed by atoms with Crippen LogP contribution in [0.5, 0.6) is 11.5 Å². The van der Waals surface area contributed by atoms with Crippen molar-refractivity contribution in [1.82, 2.24) is 0 Å². The van der Waals surface area contributed by atoms with E-state index in [0.29, 0.717) is 34.3 Å². The Balaban J connectivity index is 1.25. The third-order valence-corrected chi connectivity index (χ3v) is 7.87. The van der Waals surface area contributed by atoms with Crippen molar-refractivity contribution in [1.29, 1.82) is 0 Å². The number of hydrogen-bond acceptors (Lipinski definition) is 5. The number of thioether (sulfide) groups is 1. The molecule has 0 fully saturated rings. The number of carboxylic acid groups (broad SMARTS) is 1. The van der Waals surface area contributed by atoms with Gasteiger partial charge in [0.25, 0.3) is 5.91 Å². The first-order valence-corrected chi connectivity index (χ1v) is 14.3. The molecular weight excluding hydrogens is 548 g/mol. The smallest absolute Gasteiger partial charge is 0.336 e. The molecule has 0 bridgehead atoms. The van der Waals surface area contributed by atoms with Gasteiger partial charge < -0.3 is 20.5 Å². The minimum Gasteiger partial charge on any atom is -0.478 e. The fourth-order valence-electron chi connectivity index (χ4n) is 4.49. The fraction of sp³-hybridized carbons (Fsp3) is 0.0882. The number of para-hydroxylation sites is 1. The Morgan fingerprint density at radius 1 is 0.738 bits per heavy atom. The molecule has 210 valence electrons. The van der Waals surface area contributed by atoms with Crippen LogP contribution in [0.4, 0.5) is 11.4 Å². The van der Waals surface area contributed by atoms with Gasteiger partial charge in [0, 0.05) is 27.2 Å². The molecule has 5 aromatic rings. The van der Waals surface area contributed by atoms with Gasteiger partial charge in [-0.2, -0.15) is 0 Å². The quantitative estimate of drug-likeness (QED) is 0.145. The first-order chi connectivity index (χ1) is 20.4. The molecule has 0 aliphatic rings. The number of ether oxygens (including phenoxy) is 1. The number of amides is 2. The Labute approximate surface area is 247 Å². The number of anilines is 2. The van der Waals surface area contributed by atoms with Gasteiger partial charge >= 0.3 is 5.97 Å². The SMILES string of the molecule is CCC(Sc1cccc(NC(=O)c2cccc3cccc(C(=O)O)c23)c1)C(=O)Nc1ccc(Oc2ccccc2)cc1. The lowest BCUT2D eigenvalue weighted by Gasteiger charge is -2.16. The second kappa shape index (κ2) is 13.1. The third kappa shape index (κ3) is 6.79. The maximum atomic E-state index is 13.2. The van der Waals surface area contributed by atoms with E-state index < -0.39 is 11.9 Å². The van der Waals surface area contributed by atoms with Crippen LogP contribution in [0, 0.1) is 0 Å². The summed E-state index contributed by atoms with van der Waals surface area (Å²) in [7, 11) is 0. The molecule has 0 aliphatic heterocycles. The van der Waals surface area contributed by atoms with Gasteiger partial charge in [-0.1, -0.05) is 55.5 Å². The van der Waals surface area contributed by atoms with Crippen molar-refractivity contribution >= 4 is 51.7 Å². The first kappa shape index (κ1) is 28.4. The van der Waals surface area contributed by atoms with Crippen molar-refractivity contribution in [3.05, 3.63) is 126 Å². The Bertz CT molecular complexity index is 1730. The van der Waals surface area contributed by atoms with Crippen molar-refractivity contribution in [2.45, 2.75) is 23.5 Å². The Morgan fingerprint density at radius 2 is 1.40 bits per heavy atom. The lowest BCUT2D eigenvalue weighted by molar-refractivity contribution is -0.115. The summed E-state index contributed by atoms with van der Waals surface area (Å²) < 4.78 is 5.82. The van der Waals surface area contributed by atoms with Crippen LogP contribution < -0.4 is 15.4 Å². The van der Waals surface area contributed by atoms with E-state index in [9.17, 15) is 19.5 Å². The molecular formula is C34H28N2O5S. The van der Waals surface area contributed by atoms with Crippen LogP contribution in [0.15, 0.2) is 120 Å². The highest BCUT2D eigenvalue weighted by Gasteiger charge is 2.20. The molecule has 5 aromatic carbocycles. The van der Waals surface area contributed by atoms with Gasteiger partial charge in [-0.15, -0.1) is 11.8 Å². The molecule has 7 nitrogen and oxygen atoms in total. The molecule has 3 N–H and O–H groups in total. The van der Waals surface area contributed by atoms with Gasteiger partial charge in [-0.25, -0.2) is 4.79 Å². The number of rotatable bonds is 10. The van der Waals surface area contributed by atoms with Gasteiger partial charge in [0.1, 0.15) is 11.5 Å². The molecule has 0 spiro atoms. The van der Waals surface area contributed by atoms with Crippen molar-refractivity contribution in [3.8, 4) is 11.5 Å². The zero-order valence-electron chi connectivity index (χ0n) is 22.7. The predicted molar refractivity (Wildman–Crippen MR) is 167 cm³/mol. The minimum atomic E-state index is -1.10. The van der Waals surface area contributed by atoms with Gasteiger partial charge in [0.2, 0.25) is 5.91 Å². The lowest BCUT2D eigenvalue weighted by atomic mass is 9.98. The molecule has 8 heteroatoms. The molecule has 0 aliphatic carbocycles. The van der Waals surface area contributed by atoms with Gasteiger partial charge in [0.15, 0.2) is 0 Å². The predicted octanol–water partition coefficient (Wildman–Crippen LogP) is 8.09. The number of aromatic carboxylic acids is 1. The standard InChI is InChI=1S/C34H28N2O5S/c1-2-30(33(38)35-23-17-19-26(20-18-23)41-25-12-4-3-5-13-25)42-27-14-8-11-24(21-27)36-32(37)28-15-6-9-22-10-7-16-29(31(22)28)34(39)40/h3-21,30H,2H2,1H3,(H,35,38)(H,36,37)(H,39,40). The molecule has 0 saturated heterocycles. The molecule has 1 unspecified atom stereocenters. The molecule has 0 aromatic heterocycles. The number of fused-ring (bicyclic) bond motifs is 1. The van der Waals surface area contributed by atoms with Gasteiger partial charge in [-0.3, -0.25) is 9.59 Å². The maximum absolute atomic E-state index is 13.2. The molecule has 1 atom stereocenters. The number of carbonyl (C=O) groups is 3. The summed E-state index contributed by atoms with van der Waals surface area (Å²) in [5, 5.41) is 16.2. The Morgan fingerprint density at radius 3 is 2.10 bits per heavy atom. The topological polar surface area (TPSA) is 105 Å². The fourth-order valence-corrected chi connectivity index (χ4v) is 5.51. The minimum absolute atomic E-state index is 0.0673. The normalized spacial score (nSPS) is 11.5. The molecule has 0 heterocycles. The number of nitrogens with one attached hydrogen (secondary N) is 2. The van der Waals surface area contributed by atoms with E-state index in [2.05, 4.69) is 10.6 Å². The number of benzene rings is 5. The molecule has 42 heavy (non-hydrogen) atoms. The van der Waals surface area contributed by atoms with E-state index in [0.717, 1.165) is 10.6 Å². The summed E-state index contributed by atoms with van der Waals surface area (Å²) in [5.74, 6) is -0.245. The summed E-state index contributed by atoms with van der Waals surface area (Å²) in [6.45, 7) is 1.94. The van der Waals surface area contributed by atoms with Crippen LogP contribution in [0.2, 0.25) is 0 Å². The van der Waals surface area contributed by atoms with Crippen LogP contribution in [0.1, 0.15) is 34.1 Å². The van der Waals surface area contributed by atoms with E-state index in [1.165, 1.54) is 17.8 Å². The number of carbonyl (C=O) groups excluding carboxylic acids is 2. The molecule has 2 amide bonds. The van der Waals surface area contributed by atoms with Crippen molar-refractivity contribution < 1.29 is 24.2 Å². The molecule has 0 radical (unpaired) electrons. The van der Waals surface area contributed by atoms with Crippen molar-refractivity contribution in [2.75, 3.05) is 10.6 Å². The van der Waals surface area contributed by atoms with Crippen LogP contribution >= 0.6 is 11.8 Å². The van der Waals surface area contributed by atoms with Crippen LogP contribution in [0.3, 0.4) is 0 Å². The van der Waals surface area contributed by atoms with Crippen molar-refractivity contribution in [3.63, 3.8) is 0 Å². The summed E-state index contributed by atoms with van der Waals surface area (Å²) >= 11 is 1.40. The Hall–Kier alpha value is -5.08. The first-order valence-electron chi connectivity index (χ1n) is 13.4. The van der Waals surface area contributed by atoms with Crippen LogP contribution in [-0.4, -0.2) is 28.1 Å². The summed E-state index contributed by atoms with van der Waals surface area (Å²) in [4.78, 5) is 39.0. The maximum Gasteiger partial charge on any atom is 0.336 e. The highest BCUT2D eigenvalue weighted by atomic mass is 32.2. The third-order valence-electron chi connectivity index (χ3n) is 6.51.